The highest BCUT2D eigenvalue weighted by Crippen LogP contribution is 2.30. The van der Waals surface area contributed by atoms with Crippen LogP contribution < -0.4 is 5.32 Å². The molecule has 2 aromatic carbocycles. The molecule has 7 heteroatoms. The monoisotopic (exact) mass is 425 g/mol. The molecule has 1 N–H and O–H groups in total. The molecule has 0 fully saturated rings. The largest absolute Gasteiger partial charge is 0.355 e. The Balaban J connectivity index is 1.84. The van der Waals surface area contributed by atoms with Crippen LogP contribution in [-0.2, 0) is 16.4 Å². The standard InChI is InChI=1S/C22H20ClN3O2S/c1-2-4-16-15-26(29(27,28)20-5-3-12-24-14-20)22-13-19(10-11-21(16)22)25-18-8-6-17(23)7-9-18/h3,5-15,25H,2,4H2,1H3. The SMILES string of the molecule is CCCc1cn(S(=O)(=O)c2cccnc2)c2cc(Nc3ccc(Cl)cc3)ccc12. The van der Waals surface area contributed by atoms with Crippen molar-refractivity contribution in [2.24, 2.45) is 0 Å². The Morgan fingerprint density at radius 1 is 1.07 bits per heavy atom. The topological polar surface area (TPSA) is 64.0 Å². The summed E-state index contributed by atoms with van der Waals surface area (Å²) in [5, 5.41) is 4.89. The Hall–Kier alpha value is -2.83. The van der Waals surface area contributed by atoms with Crippen LogP contribution in [0.25, 0.3) is 10.9 Å². The summed E-state index contributed by atoms with van der Waals surface area (Å²) >= 11 is 5.95. The second-order valence-electron chi connectivity index (χ2n) is 6.76. The van der Waals surface area contributed by atoms with Crippen molar-refractivity contribution in [1.82, 2.24) is 8.96 Å². The van der Waals surface area contributed by atoms with Gasteiger partial charge in [0.05, 0.1) is 5.52 Å². The number of aryl methyl sites for hydroxylation is 1. The summed E-state index contributed by atoms with van der Waals surface area (Å²) in [7, 11) is -3.75. The van der Waals surface area contributed by atoms with Gasteiger partial charge in [0.1, 0.15) is 4.90 Å². The first-order valence-corrected chi connectivity index (χ1v) is 11.1. The first kappa shape index (κ1) is 19.5. The van der Waals surface area contributed by atoms with Gasteiger partial charge in [0.15, 0.2) is 0 Å². The van der Waals surface area contributed by atoms with Gasteiger partial charge >= 0.3 is 0 Å². The summed E-state index contributed by atoms with van der Waals surface area (Å²) in [6.07, 6.45) is 6.38. The third-order valence-electron chi connectivity index (χ3n) is 4.70. The van der Waals surface area contributed by atoms with Gasteiger partial charge in [0.2, 0.25) is 0 Å². The molecule has 0 aliphatic heterocycles. The van der Waals surface area contributed by atoms with Gasteiger partial charge in [-0.1, -0.05) is 31.0 Å². The summed E-state index contributed by atoms with van der Waals surface area (Å²) in [5.41, 5.74) is 3.31. The van der Waals surface area contributed by atoms with Gasteiger partial charge in [0.25, 0.3) is 10.0 Å². The van der Waals surface area contributed by atoms with Gasteiger partial charge in [-0.3, -0.25) is 4.98 Å². The second-order valence-corrected chi connectivity index (χ2v) is 9.01. The molecule has 0 bridgehead atoms. The average Bonchev–Trinajstić information content (AvgIpc) is 3.09. The van der Waals surface area contributed by atoms with Crippen molar-refractivity contribution in [3.8, 4) is 0 Å². The smallest absolute Gasteiger partial charge is 0.269 e. The maximum atomic E-state index is 13.3. The molecule has 0 aliphatic carbocycles. The summed E-state index contributed by atoms with van der Waals surface area (Å²) < 4.78 is 27.9. The van der Waals surface area contributed by atoms with Gasteiger partial charge in [-0.25, -0.2) is 12.4 Å². The highest BCUT2D eigenvalue weighted by molar-refractivity contribution is 7.90. The Kier molecular flexibility index (Phi) is 5.30. The Labute approximate surface area is 175 Å². The number of nitrogens with one attached hydrogen (secondary N) is 1. The van der Waals surface area contributed by atoms with Crippen LogP contribution in [0.3, 0.4) is 0 Å². The van der Waals surface area contributed by atoms with E-state index < -0.39 is 10.0 Å². The summed E-state index contributed by atoms with van der Waals surface area (Å²) in [5.74, 6) is 0. The molecule has 0 aliphatic rings. The van der Waals surface area contributed by atoms with Crippen molar-refractivity contribution < 1.29 is 8.42 Å². The predicted octanol–water partition coefficient (Wildman–Crippen LogP) is 5.62. The number of hydrogen-bond donors (Lipinski definition) is 1. The molecule has 0 saturated heterocycles. The third-order valence-corrected chi connectivity index (χ3v) is 6.61. The molecule has 0 unspecified atom stereocenters. The lowest BCUT2D eigenvalue weighted by Crippen LogP contribution is -2.12. The van der Waals surface area contributed by atoms with Crippen molar-refractivity contribution in [3.63, 3.8) is 0 Å². The van der Waals surface area contributed by atoms with E-state index in [2.05, 4.69) is 17.2 Å². The molecule has 148 valence electrons. The average molecular weight is 426 g/mol. The molecule has 5 nitrogen and oxygen atoms in total. The Bertz CT molecular complexity index is 1250. The fourth-order valence-corrected chi connectivity index (χ4v) is 4.80. The number of fused-ring (bicyclic) bond motifs is 1. The molecular formula is C22H20ClN3O2S. The van der Waals surface area contributed by atoms with Crippen LogP contribution in [0.4, 0.5) is 11.4 Å². The predicted molar refractivity (Wildman–Crippen MR) is 117 cm³/mol. The van der Waals surface area contributed by atoms with Crippen LogP contribution in [0.5, 0.6) is 0 Å². The fourth-order valence-electron chi connectivity index (χ4n) is 3.32. The molecule has 0 saturated carbocycles. The molecule has 0 radical (unpaired) electrons. The molecule has 4 aromatic rings. The quantitative estimate of drug-likeness (QED) is 0.435. The lowest BCUT2D eigenvalue weighted by atomic mass is 10.1. The Morgan fingerprint density at radius 2 is 1.83 bits per heavy atom. The minimum absolute atomic E-state index is 0.163. The van der Waals surface area contributed by atoms with Gasteiger partial charge in [-0.15, -0.1) is 0 Å². The number of benzene rings is 2. The molecule has 4 rings (SSSR count). The second kappa shape index (κ2) is 7.89. The maximum Gasteiger partial charge on any atom is 0.269 e. The highest BCUT2D eigenvalue weighted by Gasteiger charge is 2.21. The van der Waals surface area contributed by atoms with Crippen molar-refractivity contribution in [3.05, 3.63) is 83.8 Å². The zero-order valence-electron chi connectivity index (χ0n) is 15.8. The summed E-state index contributed by atoms with van der Waals surface area (Å²) in [6.45, 7) is 2.08. The number of rotatable bonds is 6. The van der Waals surface area contributed by atoms with E-state index in [1.807, 2.05) is 30.3 Å². The normalized spacial score (nSPS) is 11.7. The van der Waals surface area contributed by atoms with Crippen LogP contribution in [0.1, 0.15) is 18.9 Å². The third kappa shape index (κ3) is 3.86. The van der Waals surface area contributed by atoms with Crippen LogP contribution in [0.15, 0.2) is 78.1 Å². The van der Waals surface area contributed by atoms with E-state index >= 15 is 0 Å². The van der Waals surface area contributed by atoms with E-state index in [1.165, 1.54) is 10.2 Å². The van der Waals surface area contributed by atoms with Gasteiger partial charge in [-0.05, 0) is 60.5 Å². The zero-order valence-corrected chi connectivity index (χ0v) is 17.4. The molecule has 2 heterocycles. The van der Waals surface area contributed by atoms with Gasteiger partial charge in [0, 0.05) is 40.4 Å². The van der Waals surface area contributed by atoms with Crippen LogP contribution in [-0.4, -0.2) is 17.4 Å². The molecule has 0 spiro atoms. The number of anilines is 2. The van der Waals surface area contributed by atoms with Crippen LogP contribution >= 0.6 is 11.6 Å². The van der Waals surface area contributed by atoms with E-state index in [1.54, 1.807) is 36.7 Å². The first-order valence-electron chi connectivity index (χ1n) is 9.31. The zero-order chi connectivity index (χ0) is 20.4. The van der Waals surface area contributed by atoms with E-state index in [-0.39, 0.29) is 4.90 Å². The molecular weight excluding hydrogens is 406 g/mol. The number of aromatic nitrogens is 2. The van der Waals surface area contributed by atoms with E-state index in [0.717, 1.165) is 35.2 Å². The van der Waals surface area contributed by atoms with Gasteiger partial charge < -0.3 is 5.32 Å². The first-order chi connectivity index (χ1) is 14.0. The number of hydrogen-bond acceptors (Lipinski definition) is 4. The number of halogens is 1. The lowest BCUT2D eigenvalue weighted by molar-refractivity contribution is 0.588. The number of pyridine rings is 1. The molecule has 29 heavy (non-hydrogen) atoms. The van der Waals surface area contributed by atoms with Crippen molar-refractivity contribution in [1.29, 1.82) is 0 Å². The Morgan fingerprint density at radius 3 is 2.52 bits per heavy atom. The molecule has 0 atom stereocenters. The molecule has 2 aromatic heterocycles. The minimum atomic E-state index is -3.75. The van der Waals surface area contributed by atoms with Crippen molar-refractivity contribution in [2.45, 2.75) is 24.7 Å². The maximum absolute atomic E-state index is 13.3. The minimum Gasteiger partial charge on any atom is -0.355 e. The fraction of sp³-hybridized carbons (Fsp3) is 0.136. The number of nitrogens with zero attached hydrogens (tertiary/aromatic N) is 2. The van der Waals surface area contributed by atoms with Crippen molar-refractivity contribution in [2.75, 3.05) is 5.32 Å². The van der Waals surface area contributed by atoms with Crippen molar-refractivity contribution >= 4 is 43.9 Å². The summed E-state index contributed by atoms with van der Waals surface area (Å²) in [4.78, 5) is 4.13. The van der Waals surface area contributed by atoms with Gasteiger partial charge in [-0.2, -0.15) is 0 Å². The van der Waals surface area contributed by atoms with E-state index in [0.29, 0.717) is 10.5 Å². The molecule has 0 amide bonds. The lowest BCUT2D eigenvalue weighted by Gasteiger charge is -2.10. The van der Waals surface area contributed by atoms with E-state index in [4.69, 9.17) is 11.6 Å². The van der Waals surface area contributed by atoms with Crippen LogP contribution in [0.2, 0.25) is 5.02 Å². The highest BCUT2D eigenvalue weighted by atomic mass is 35.5. The van der Waals surface area contributed by atoms with Crippen LogP contribution in [0, 0.1) is 0 Å². The van der Waals surface area contributed by atoms with E-state index in [9.17, 15) is 8.42 Å². The summed E-state index contributed by atoms with van der Waals surface area (Å²) in [6, 6.07) is 16.3.